The fraction of sp³-hybridized carbons (Fsp3) is 0.294. The number of ether oxygens (including phenoxy) is 1. The lowest BCUT2D eigenvalue weighted by Gasteiger charge is -2.02. The van der Waals surface area contributed by atoms with Gasteiger partial charge in [-0.2, -0.15) is 4.98 Å². The lowest BCUT2D eigenvalue weighted by Crippen LogP contribution is -2.07. The predicted molar refractivity (Wildman–Crippen MR) is 91.6 cm³/mol. The minimum atomic E-state index is -0.386. The van der Waals surface area contributed by atoms with Crippen LogP contribution in [0.2, 0.25) is 0 Å². The van der Waals surface area contributed by atoms with Gasteiger partial charge in [-0.25, -0.2) is 4.39 Å². The van der Waals surface area contributed by atoms with Crippen LogP contribution in [0.25, 0.3) is 11.4 Å². The van der Waals surface area contributed by atoms with Crippen LogP contribution in [-0.2, 0) is 21.9 Å². The summed E-state index contributed by atoms with van der Waals surface area (Å²) in [5.74, 6) is 1.30. The van der Waals surface area contributed by atoms with Crippen molar-refractivity contribution in [1.82, 2.24) is 15.3 Å². The van der Waals surface area contributed by atoms with Gasteiger partial charge in [0, 0.05) is 16.9 Å². The highest BCUT2D eigenvalue weighted by atomic mass is 32.2. The van der Waals surface area contributed by atoms with Crippen molar-refractivity contribution >= 4 is 17.7 Å². The monoisotopic (exact) mass is 377 g/mol. The molecule has 0 N–H and O–H groups in total. The van der Waals surface area contributed by atoms with E-state index in [1.165, 1.54) is 23.9 Å². The molecule has 2 aromatic heterocycles. The Bertz CT molecular complexity index is 872. The van der Waals surface area contributed by atoms with Gasteiger partial charge in [-0.15, -0.1) is 11.8 Å². The van der Waals surface area contributed by atoms with Gasteiger partial charge in [-0.05, 0) is 38.1 Å². The van der Waals surface area contributed by atoms with Gasteiger partial charge >= 0.3 is 5.97 Å². The number of thioether (sulfide) groups is 1. The minimum absolute atomic E-state index is 0.112. The van der Waals surface area contributed by atoms with Crippen LogP contribution in [0.15, 0.2) is 33.3 Å². The number of aromatic nitrogens is 3. The highest BCUT2D eigenvalue weighted by Gasteiger charge is 2.13. The third-order valence-electron chi connectivity index (χ3n) is 3.57. The number of aryl methyl sites for hydroxylation is 2. The van der Waals surface area contributed by atoms with Gasteiger partial charge in [0.05, 0.1) is 11.4 Å². The summed E-state index contributed by atoms with van der Waals surface area (Å²) < 4.78 is 28.2. The fourth-order valence-corrected chi connectivity index (χ4v) is 3.13. The smallest absolute Gasteiger partial charge is 0.316 e. The standard InChI is InChI=1S/C17H16FN3O4S/c1-10-14(11(2)24-20-10)8-26-9-16(22)23-7-15-19-17(21-25-15)12-3-5-13(18)6-4-12/h3-6H,7-9H2,1-2H3. The molecule has 0 amide bonds. The Morgan fingerprint density at radius 1 is 1.19 bits per heavy atom. The highest BCUT2D eigenvalue weighted by molar-refractivity contribution is 7.99. The number of carbonyl (C=O) groups excluding carboxylic acids is 1. The van der Waals surface area contributed by atoms with Crippen LogP contribution in [0.3, 0.4) is 0 Å². The number of halogens is 1. The van der Waals surface area contributed by atoms with Crippen LogP contribution >= 0.6 is 11.8 Å². The molecule has 0 aliphatic heterocycles. The lowest BCUT2D eigenvalue weighted by molar-refractivity contribution is -0.142. The molecular weight excluding hydrogens is 361 g/mol. The van der Waals surface area contributed by atoms with Crippen molar-refractivity contribution in [2.75, 3.05) is 5.75 Å². The van der Waals surface area contributed by atoms with Crippen molar-refractivity contribution in [3.63, 3.8) is 0 Å². The van der Waals surface area contributed by atoms with Crippen molar-refractivity contribution in [1.29, 1.82) is 0 Å². The number of hydrogen-bond donors (Lipinski definition) is 0. The first-order valence-corrected chi connectivity index (χ1v) is 8.92. The van der Waals surface area contributed by atoms with Gasteiger partial charge in [-0.1, -0.05) is 10.3 Å². The van der Waals surface area contributed by atoms with Crippen LogP contribution in [-0.4, -0.2) is 27.0 Å². The van der Waals surface area contributed by atoms with E-state index in [-0.39, 0.29) is 30.0 Å². The summed E-state index contributed by atoms with van der Waals surface area (Å²) in [6.45, 7) is 3.58. The second kappa shape index (κ2) is 8.13. The molecule has 26 heavy (non-hydrogen) atoms. The number of nitrogens with zero attached hydrogens (tertiary/aromatic N) is 3. The Labute approximate surface area is 152 Å². The van der Waals surface area contributed by atoms with Crippen molar-refractivity contribution in [2.45, 2.75) is 26.2 Å². The molecular formula is C17H16FN3O4S. The predicted octanol–water partition coefficient (Wildman–Crippen LogP) is 3.46. The van der Waals surface area contributed by atoms with E-state index in [0.717, 1.165) is 17.0 Å². The molecule has 3 aromatic rings. The van der Waals surface area contributed by atoms with E-state index in [1.54, 1.807) is 12.1 Å². The van der Waals surface area contributed by atoms with Crippen LogP contribution in [0, 0.1) is 19.7 Å². The number of hydrogen-bond acceptors (Lipinski definition) is 8. The Balaban J connectivity index is 1.45. The average Bonchev–Trinajstić information content (AvgIpc) is 3.22. The van der Waals surface area contributed by atoms with Crippen molar-refractivity contribution < 1.29 is 23.0 Å². The Hall–Kier alpha value is -2.68. The van der Waals surface area contributed by atoms with E-state index in [0.29, 0.717) is 17.1 Å². The van der Waals surface area contributed by atoms with Crippen molar-refractivity contribution in [3.05, 3.63) is 53.0 Å². The van der Waals surface area contributed by atoms with E-state index in [2.05, 4.69) is 15.3 Å². The maximum Gasteiger partial charge on any atom is 0.316 e. The zero-order valence-electron chi connectivity index (χ0n) is 14.2. The zero-order valence-corrected chi connectivity index (χ0v) is 15.0. The van der Waals surface area contributed by atoms with Gasteiger partial charge in [0.25, 0.3) is 5.89 Å². The summed E-state index contributed by atoms with van der Waals surface area (Å²) in [5, 5.41) is 7.66. The summed E-state index contributed by atoms with van der Waals surface area (Å²) in [5.41, 5.74) is 2.42. The summed E-state index contributed by atoms with van der Waals surface area (Å²) in [7, 11) is 0. The Morgan fingerprint density at radius 2 is 1.96 bits per heavy atom. The van der Waals surface area contributed by atoms with E-state index in [9.17, 15) is 9.18 Å². The molecule has 0 saturated carbocycles. The van der Waals surface area contributed by atoms with Crippen molar-refractivity contribution in [3.8, 4) is 11.4 Å². The van der Waals surface area contributed by atoms with Crippen LogP contribution in [0.5, 0.6) is 0 Å². The van der Waals surface area contributed by atoms with Crippen molar-refractivity contribution in [2.24, 2.45) is 0 Å². The van der Waals surface area contributed by atoms with Crippen LogP contribution < -0.4 is 0 Å². The first-order chi connectivity index (χ1) is 12.5. The molecule has 0 bridgehead atoms. The summed E-state index contributed by atoms with van der Waals surface area (Å²) in [6, 6.07) is 5.70. The summed E-state index contributed by atoms with van der Waals surface area (Å²) >= 11 is 1.41. The molecule has 0 saturated heterocycles. The van der Waals surface area contributed by atoms with Gasteiger partial charge in [0.15, 0.2) is 6.61 Å². The van der Waals surface area contributed by atoms with E-state index in [1.807, 2.05) is 13.8 Å². The Morgan fingerprint density at radius 3 is 2.65 bits per heavy atom. The summed E-state index contributed by atoms with van der Waals surface area (Å²) in [6.07, 6.45) is 0. The second-order valence-electron chi connectivity index (χ2n) is 5.47. The lowest BCUT2D eigenvalue weighted by atomic mass is 10.2. The van der Waals surface area contributed by atoms with E-state index >= 15 is 0 Å². The third kappa shape index (κ3) is 4.48. The molecule has 0 radical (unpaired) electrons. The topological polar surface area (TPSA) is 91.2 Å². The van der Waals surface area contributed by atoms with Gasteiger partial charge in [0.2, 0.25) is 5.82 Å². The molecule has 136 valence electrons. The first-order valence-electron chi connectivity index (χ1n) is 7.76. The Kier molecular flexibility index (Phi) is 5.67. The number of esters is 1. The fourth-order valence-electron chi connectivity index (χ4n) is 2.16. The largest absolute Gasteiger partial charge is 0.455 e. The maximum atomic E-state index is 12.9. The molecule has 0 fully saturated rings. The molecule has 0 spiro atoms. The van der Waals surface area contributed by atoms with Gasteiger partial charge in [-0.3, -0.25) is 4.79 Å². The SMILES string of the molecule is Cc1noc(C)c1CSCC(=O)OCc1nc(-c2ccc(F)cc2)no1. The molecule has 0 unspecified atom stereocenters. The first kappa shape index (κ1) is 18.1. The van der Waals surface area contributed by atoms with E-state index < -0.39 is 0 Å². The molecule has 0 atom stereocenters. The molecule has 0 aliphatic rings. The quantitative estimate of drug-likeness (QED) is 0.578. The number of benzene rings is 1. The zero-order chi connectivity index (χ0) is 18.5. The van der Waals surface area contributed by atoms with Gasteiger partial charge in [0.1, 0.15) is 11.6 Å². The number of carbonyl (C=O) groups is 1. The normalized spacial score (nSPS) is 10.9. The number of rotatable bonds is 7. The van der Waals surface area contributed by atoms with Crippen LogP contribution in [0.4, 0.5) is 4.39 Å². The molecule has 9 heteroatoms. The molecule has 3 rings (SSSR count). The highest BCUT2D eigenvalue weighted by Crippen LogP contribution is 2.20. The second-order valence-corrected chi connectivity index (χ2v) is 6.46. The molecule has 7 nitrogen and oxygen atoms in total. The molecule has 2 heterocycles. The molecule has 0 aliphatic carbocycles. The molecule has 1 aromatic carbocycles. The minimum Gasteiger partial charge on any atom is -0.455 e. The summed E-state index contributed by atoms with van der Waals surface area (Å²) in [4.78, 5) is 15.9. The van der Waals surface area contributed by atoms with Crippen LogP contribution in [0.1, 0.15) is 22.9 Å². The third-order valence-corrected chi connectivity index (χ3v) is 4.51. The maximum absolute atomic E-state index is 12.9. The van der Waals surface area contributed by atoms with E-state index in [4.69, 9.17) is 13.8 Å². The van der Waals surface area contributed by atoms with Gasteiger partial charge < -0.3 is 13.8 Å². The average molecular weight is 377 g/mol.